The minimum atomic E-state index is -0.933. The number of ketones is 1. The minimum absolute atomic E-state index is 0.0359. The number of nitro groups is 1. The summed E-state index contributed by atoms with van der Waals surface area (Å²) in [6, 6.07) is 11.0. The van der Waals surface area contributed by atoms with Crippen LogP contribution >= 0.6 is 0 Å². The van der Waals surface area contributed by atoms with Crippen LogP contribution in [0.5, 0.6) is 5.75 Å². The molecule has 0 spiro atoms. The molecule has 174 valence electrons. The molecule has 1 heterocycles. The largest absolute Gasteiger partial charge is 0.507 e. The van der Waals surface area contributed by atoms with E-state index in [1.807, 2.05) is 6.92 Å². The summed E-state index contributed by atoms with van der Waals surface area (Å²) in [5, 5.41) is 31.0. The maximum absolute atomic E-state index is 12.9. The Kier molecular flexibility index (Phi) is 7.75. The van der Waals surface area contributed by atoms with Gasteiger partial charge in [-0.05, 0) is 24.6 Å². The SMILES string of the molecule is CCOc1ccc([C@@H]2C(=C(O)c3cccc([N+](=O)[O-])c3)C(=O)C(=O)N2CCOCCO)cc1. The molecule has 33 heavy (non-hydrogen) atoms. The van der Waals surface area contributed by atoms with Crippen molar-refractivity contribution in [2.75, 3.05) is 33.0 Å². The van der Waals surface area contributed by atoms with Gasteiger partial charge in [0.25, 0.3) is 17.4 Å². The Morgan fingerprint density at radius 3 is 2.52 bits per heavy atom. The molecule has 0 aromatic heterocycles. The fourth-order valence-electron chi connectivity index (χ4n) is 3.62. The number of hydrogen-bond donors (Lipinski definition) is 2. The Bertz CT molecular complexity index is 1060. The molecule has 0 saturated carbocycles. The van der Waals surface area contributed by atoms with Crippen LogP contribution in [-0.4, -0.2) is 64.7 Å². The van der Waals surface area contributed by atoms with Crippen LogP contribution in [0.4, 0.5) is 5.69 Å². The number of nitro benzene ring substituents is 1. The molecular weight excluding hydrogens is 432 g/mol. The predicted octanol–water partition coefficient (Wildman–Crippen LogP) is 2.42. The number of hydrogen-bond acceptors (Lipinski definition) is 8. The van der Waals surface area contributed by atoms with E-state index in [0.29, 0.717) is 17.9 Å². The van der Waals surface area contributed by atoms with Gasteiger partial charge in [0.2, 0.25) is 0 Å². The van der Waals surface area contributed by atoms with Gasteiger partial charge in [-0.25, -0.2) is 0 Å². The maximum atomic E-state index is 12.9. The number of non-ortho nitro benzene ring substituents is 1. The van der Waals surface area contributed by atoms with Crippen LogP contribution in [0, 0.1) is 10.1 Å². The summed E-state index contributed by atoms with van der Waals surface area (Å²) in [5.41, 5.74) is 0.163. The van der Waals surface area contributed by atoms with Gasteiger partial charge in [0.15, 0.2) is 0 Å². The summed E-state index contributed by atoms with van der Waals surface area (Å²) < 4.78 is 10.7. The highest BCUT2D eigenvalue weighted by Crippen LogP contribution is 2.40. The summed E-state index contributed by atoms with van der Waals surface area (Å²) in [4.78, 5) is 37.6. The summed E-state index contributed by atoms with van der Waals surface area (Å²) >= 11 is 0. The average molecular weight is 456 g/mol. The van der Waals surface area contributed by atoms with Gasteiger partial charge in [0.05, 0.1) is 43.0 Å². The lowest BCUT2D eigenvalue weighted by atomic mass is 9.95. The molecule has 0 aliphatic carbocycles. The number of aliphatic hydroxyl groups excluding tert-OH is 2. The monoisotopic (exact) mass is 456 g/mol. The molecule has 2 aromatic rings. The number of amides is 1. The van der Waals surface area contributed by atoms with Crippen LogP contribution in [0.15, 0.2) is 54.1 Å². The van der Waals surface area contributed by atoms with Crippen LogP contribution in [0.25, 0.3) is 5.76 Å². The van der Waals surface area contributed by atoms with Gasteiger partial charge in [-0.2, -0.15) is 0 Å². The van der Waals surface area contributed by atoms with E-state index < -0.39 is 28.4 Å². The third kappa shape index (κ3) is 5.18. The van der Waals surface area contributed by atoms with Crippen molar-refractivity contribution in [1.29, 1.82) is 0 Å². The molecule has 1 atom stereocenters. The van der Waals surface area contributed by atoms with E-state index in [1.165, 1.54) is 23.1 Å². The minimum Gasteiger partial charge on any atom is -0.507 e. The Hall–Kier alpha value is -3.76. The standard InChI is InChI=1S/C23H24N2O8/c1-2-33-18-8-6-15(7-9-18)20-19(21(27)16-4-3-5-17(14-16)25(30)31)22(28)23(29)24(20)10-12-32-13-11-26/h3-9,14,20,26-27H,2,10-13H2,1H3/t20-/m1/s1. The molecule has 10 nitrogen and oxygen atoms in total. The van der Waals surface area contributed by atoms with Crippen LogP contribution in [-0.2, 0) is 14.3 Å². The molecule has 1 aliphatic rings. The molecule has 1 aliphatic heterocycles. The second-order valence-corrected chi connectivity index (χ2v) is 7.14. The van der Waals surface area contributed by atoms with Crippen LogP contribution in [0.1, 0.15) is 24.1 Å². The van der Waals surface area contributed by atoms with Gasteiger partial charge < -0.3 is 24.6 Å². The van der Waals surface area contributed by atoms with Gasteiger partial charge in [0.1, 0.15) is 11.5 Å². The average Bonchev–Trinajstić information content (AvgIpc) is 3.07. The smallest absolute Gasteiger partial charge is 0.295 e. The Balaban J connectivity index is 2.08. The van der Waals surface area contributed by atoms with Crippen molar-refractivity contribution in [3.05, 3.63) is 75.3 Å². The molecule has 0 bridgehead atoms. The lowest BCUT2D eigenvalue weighted by Crippen LogP contribution is -2.33. The molecule has 0 radical (unpaired) electrons. The third-order valence-corrected chi connectivity index (χ3v) is 5.09. The van der Waals surface area contributed by atoms with Crippen molar-refractivity contribution in [2.24, 2.45) is 0 Å². The normalized spacial score (nSPS) is 17.4. The Labute approximate surface area is 189 Å². The van der Waals surface area contributed by atoms with Crippen LogP contribution in [0.3, 0.4) is 0 Å². The molecule has 2 aromatic carbocycles. The first-order valence-corrected chi connectivity index (χ1v) is 10.3. The number of ether oxygens (including phenoxy) is 2. The Morgan fingerprint density at radius 2 is 1.88 bits per heavy atom. The second kappa shape index (κ2) is 10.7. The molecule has 0 unspecified atom stereocenters. The van der Waals surface area contributed by atoms with E-state index in [-0.39, 0.29) is 43.2 Å². The molecule has 1 amide bonds. The number of aliphatic hydroxyl groups is 2. The maximum Gasteiger partial charge on any atom is 0.295 e. The van der Waals surface area contributed by atoms with Gasteiger partial charge in [0, 0.05) is 24.2 Å². The fraction of sp³-hybridized carbons (Fsp3) is 0.304. The summed E-state index contributed by atoms with van der Waals surface area (Å²) in [6.07, 6.45) is 0. The van der Waals surface area contributed by atoms with E-state index in [1.54, 1.807) is 24.3 Å². The van der Waals surface area contributed by atoms with Crippen molar-refractivity contribution in [3.8, 4) is 5.75 Å². The first kappa shape index (κ1) is 23.9. The third-order valence-electron chi connectivity index (χ3n) is 5.09. The van der Waals surface area contributed by atoms with Gasteiger partial charge in [-0.1, -0.05) is 24.3 Å². The number of carbonyl (C=O) groups is 2. The number of Topliss-reactive ketones (excluding diaryl/α,β-unsaturated/α-hetero) is 1. The zero-order valence-electron chi connectivity index (χ0n) is 18.0. The number of benzene rings is 2. The van der Waals surface area contributed by atoms with Gasteiger partial charge in [-0.3, -0.25) is 19.7 Å². The first-order valence-electron chi connectivity index (χ1n) is 10.3. The summed E-state index contributed by atoms with van der Waals surface area (Å²) in [6.45, 7) is 2.30. The predicted molar refractivity (Wildman–Crippen MR) is 118 cm³/mol. The highest BCUT2D eigenvalue weighted by molar-refractivity contribution is 6.46. The van der Waals surface area contributed by atoms with Gasteiger partial charge in [-0.15, -0.1) is 0 Å². The van der Waals surface area contributed by atoms with E-state index in [9.17, 15) is 24.8 Å². The molecule has 3 rings (SSSR count). The fourth-order valence-corrected chi connectivity index (χ4v) is 3.62. The highest BCUT2D eigenvalue weighted by atomic mass is 16.6. The molecule has 2 N–H and O–H groups in total. The van der Waals surface area contributed by atoms with Crippen LogP contribution < -0.4 is 4.74 Å². The molecular formula is C23H24N2O8. The van der Waals surface area contributed by atoms with E-state index in [4.69, 9.17) is 14.6 Å². The topological polar surface area (TPSA) is 139 Å². The quantitative estimate of drug-likeness (QED) is 0.139. The van der Waals surface area contributed by atoms with E-state index in [0.717, 1.165) is 6.07 Å². The Morgan fingerprint density at radius 1 is 1.15 bits per heavy atom. The number of rotatable bonds is 10. The summed E-state index contributed by atoms with van der Waals surface area (Å²) in [5.74, 6) is -1.63. The van der Waals surface area contributed by atoms with Crippen molar-refractivity contribution in [3.63, 3.8) is 0 Å². The van der Waals surface area contributed by atoms with Crippen molar-refractivity contribution in [1.82, 2.24) is 4.90 Å². The van der Waals surface area contributed by atoms with Crippen molar-refractivity contribution >= 4 is 23.1 Å². The van der Waals surface area contributed by atoms with E-state index >= 15 is 0 Å². The molecule has 10 heteroatoms. The molecule has 1 fully saturated rings. The zero-order chi connectivity index (χ0) is 24.0. The zero-order valence-corrected chi connectivity index (χ0v) is 18.0. The van der Waals surface area contributed by atoms with Crippen molar-refractivity contribution < 1.29 is 34.2 Å². The number of likely N-dealkylation sites (tertiary alicyclic amines) is 1. The lowest BCUT2D eigenvalue weighted by Gasteiger charge is -2.25. The number of nitrogens with zero attached hydrogens (tertiary/aromatic N) is 2. The summed E-state index contributed by atoms with van der Waals surface area (Å²) in [7, 11) is 0. The van der Waals surface area contributed by atoms with Crippen molar-refractivity contribution in [2.45, 2.75) is 13.0 Å². The first-order chi connectivity index (χ1) is 15.9. The van der Waals surface area contributed by atoms with E-state index in [2.05, 4.69) is 0 Å². The second-order valence-electron chi connectivity index (χ2n) is 7.14. The lowest BCUT2D eigenvalue weighted by molar-refractivity contribution is -0.384. The van der Waals surface area contributed by atoms with Crippen LogP contribution in [0.2, 0.25) is 0 Å². The van der Waals surface area contributed by atoms with Gasteiger partial charge >= 0.3 is 0 Å². The highest BCUT2D eigenvalue weighted by Gasteiger charge is 2.46. The number of carbonyl (C=O) groups excluding carboxylic acids is 2. The molecule has 1 saturated heterocycles.